The SMILES string of the molecule is CCOC(=O)Cc1csc(NC2CCC(C)CC2C)n1. The molecular weight excluding hydrogens is 272 g/mol. The quantitative estimate of drug-likeness (QED) is 0.845. The number of rotatable bonds is 5. The second kappa shape index (κ2) is 7.07. The van der Waals surface area contributed by atoms with Gasteiger partial charge >= 0.3 is 5.97 Å². The lowest BCUT2D eigenvalue weighted by atomic mass is 9.80. The molecule has 0 aromatic carbocycles. The Morgan fingerprint density at radius 2 is 2.30 bits per heavy atom. The summed E-state index contributed by atoms with van der Waals surface area (Å²) in [6, 6.07) is 0.507. The van der Waals surface area contributed by atoms with E-state index in [0.29, 0.717) is 18.6 Å². The monoisotopic (exact) mass is 296 g/mol. The van der Waals surface area contributed by atoms with E-state index in [0.717, 1.165) is 16.7 Å². The van der Waals surface area contributed by atoms with Crippen LogP contribution in [0.5, 0.6) is 0 Å². The minimum atomic E-state index is -0.204. The number of carbonyl (C=O) groups is 1. The number of esters is 1. The fourth-order valence-electron chi connectivity index (χ4n) is 2.85. The number of hydrogen-bond acceptors (Lipinski definition) is 5. The molecule has 0 spiro atoms. The van der Waals surface area contributed by atoms with Gasteiger partial charge in [0.1, 0.15) is 0 Å². The fourth-order valence-corrected chi connectivity index (χ4v) is 3.63. The third-order valence-corrected chi connectivity index (χ3v) is 4.75. The molecule has 0 aliphatic heterocycles. The summed E-state index contributed by atoms with van der Waals surface area (Å²) < 4.78 is 4.94. The minimum absolute atomic E-state index is 0.204. The molecule has 1 aliphatic carbocycles. The summed E-state index contributed by atoms with van der Waals surface area (Å²) in [7, 11) is 0. The van der Waals surface area contributed by atoms with E-state index in [9.17, 15) is 4.79 Å². The van der Waals surface area contributed by atoms with Crippen LogP contribution in [0.2, 0.25) is 0 Å². The number of anilines is 1. The van der Waals surface area contributed by atoms with Gasteiger partial charge in [0, 0.05) is 11.4 Å². The lowest BCUT2D eigenvalue weighted by Gasteiger charge is -2.33. The molecule has 1 saturated carbocycles. The van der Waals surface area contributed by atoms with E-state index in [4.69, 9.17) is 4.74 Å². The van der Waals surface area contributed by atoms with Crippen LogP contribution in [0.3, 0.4) is 0 Å². The zero-order valence-corrected chi connectivity index (χ0v) is 13.3. The number of nitrogens with one attached hydrogen (secondary N) is 1. The largest absolute Gasteiger partial charge is 0.466 e. The van der Waals surface area contributed by atoms with Gasteiger partial charge in [-0.3, -0.25) is 4.79 Å². The molecule has 1 fully saturated rings. The van der Waals surface area contributed by atoms with Gasteiger partial charge in [-0.05, 0) is 38.0 Å². The first-order chi connectivity index (χ1) is 9.58. The number of carbonyl (C=O) groups excluding carboxylic acids is 1. The molecule has 0 radical (unpaired) electrons. The molecule has 112 valence electrons. The maximum absolute atomic E-state index is 11.4. The van der Waals surface area contributed by atoms with Crippen LogP contribution in [0.15, 0.2) is 5.38 Å². The van der Waals surface area contributed by atoms with Gasteiger partial charge < -0.3 is 10.1 Å². The van der Waals surface area contributed by atoms with Crippen molar-refractivity contribution in [2.45, 2.75) is 52.5 Å². The average Bonchev–Trinajstić information content (AvgIpc) is 2.80. The Balaban J connectivity index is 1.87. The van der Waals surface area contributed by atoms with Crippen LogP contribution in [-0.4, -0.2) is 23.6 Å². The van der Waals surface area contributed by atoms with E-state index in [1.165, 1.54) is 19.3 Å². The van der Waals surface area contributed by atoms with Crippen LogP contribution in [0.25, 0.3) is 0 Å². The van der Waals surface area contributed by atoms with Gasteiger partial charge in [0.15, 0.2) is 5.13 Å². The van der Waals surface area contributed by atoms with Crippen molar-refractivity contribution in [3.8, 4) is 0 Å². The molecule has 0 amide bonds. The van der Waals surface area contributed by atoms with Gasteiger partial charge in [-0.25, -0.2) is 4.98 Å². The van der Waals surface area contributed by atoms with E-state index in [2.05, 4.69) is 24.1 Å². The first-order valence-corrected chi connectivity index (χ1v) is 8.33. The van der Waals surface area contributed by atoms with Crippen LogP contribution >= 0.6 is 11.3 Å². The molecule has 1 aliphatic rings. The van der Waals surface area contributed by atoms with Gasteiger partial charge in [0.05, 0.1) is 18.7 Å². The smallest absolute Gasteiger partial charge is 0.311 e. The van der Waals surface area contributed by atoms with Gasteiger partial charge in [-0.1, -0.05) is 13.8 Å². The van der Waals surface area contributed by atoms with Crippen LogP contribution in [-0.2, 0) is 16.0 Å². The number of aromatic nitrogens is 1. The van der Waals surface area contributed by atoms with Crippen molar-refractivity contribution in [3.05, 3.63) is 11.1 Å². The third-order valence-electron chi connectivity index (χ3n) is 3.92. The number of thiazole rings is 1. The molecule has 4 nitrogen and oxygen atoms in total. The van der Waals surface area contributed by atoms with Crippen molar-refractivity contribution in [3.63, 3.8) is 0 Å². The summed E-state index contributed by atoms with van der Waals surface area (Å²) in [4.78, 5) is 15.9. The molecule has 0 saturated heterocycles. The van der Waals surface area contributed by atoms with Gasteiger partial charge in [-0.2, -0.15) is 0 Å². The molecule has 1 N–H and O–H groups in total. The Labute approximate surface area is 124 Å². The topological polar surface area (TPSA) is 51.2 Å². The Kier molecular flexibility index (Phi) is 5.40. The first kappa shape index (κ1) is 15.3. The maximum Gasteiger partial charge on any atom is 0.311 e. The van der Waals surface area contributed by atoms with E-state index in [1.807, 2.05) is 12.3 Å². The molecule has 1 aromatic heterocycles. The number of ether oxygens (including phenoxy) is 1. The van der Waals surface area contributed by atoms with Crippen LogP contribution in [0, 0.1) is 11.8 Å². The number of hydrogen-bond donors (Lipinski definition) is 1. The highest BCUT2D eigenvalue weighted by atomic mass is 32.1. The Morgan fingerprint density at radius 1 is 1.50 bits per heavy atom. The molecule has 0 bridgehead atoms. The zero-order valence-electron chi connectivity index (χ0n) is 12.5. The van der Waals surface area contributed by atoms with Crippen molar-refractivity contribution >= 4 is 22.4 Å². The van der Waals surface area contributed by atoms with E-state index in [1.54, 1.807) is 11.3 Å². The molecule has 2 rings (SSSR count). The third kappa shape index (κ3) is 4.20. The Hall–Kier alpha value is -1.10. The molecule has 1 aromatic rings. The molecule has 20 heavy (non-hydrogen) atoms. The maximum atomic E-state index is 11.4. The highest BCUT2D eigenvalue weighted by molar-refractivity contribution is 7.13. The highest BCUT2D eigenvalue weighted by Gasteiger charge is 2.25. The molecule has 3 atom stereocenters. The zero-order chi connectivity index (χ0) is 14.5. The minimum Gasteiger partial charge on any atom is -0.466 e. The normalized spacial score (nSPS) is 26.2. The Morgan fingerprint density at radius 3 is 3.00 bits per heavy atom. The first-order valence-electron chi connectivity index (χ1n) is 7.45. The Bertz CT molecular complexity index is 447. The summed E-state index contributed by atoms with van der Waals surface area (Å²) in [5.41, 5.74) is 0.799. The van der Waals surface area contributed by atoms with E-state index >= 15 is 0 Å². The van der Waals surface area contributed by atoms with Crippen molar-refractivity contribution in [1.29, 1.82) is 0 Å². The van der Waals surface area contributed by atoms with Gasteiger partial charge in [0.25, 0.3) is 0 Å². The lowest BCUT2D eigenvalue weighted by Crippen LogP contribution is -2.32. The van der Waals surface area contributed by atoms with E-state index in [-0.39, 0.29) is 12.4 Å². The predicted molar refractivity (Wildman–Crippen MR) is 82.0 cm³/mol. The standard InChI is InChI=1S/C15H24N2O2S/c1-4-19-14(18)8-12-9-20-15(16-12)17-13-6-5-10(2)7-11(13)3/h9-11,13H,4-8H2,1-3H3,(H,16,17). The van der Waals surface area contributed by atoms with Crippen molar-refractivity contribution in [2.24, 2.45) is 11.8 Å². The summed E-state index contributed by atoms with van der Waals surface area (Å²) >= 11 is 1.58. The van der Waals surface area contributed by atoms with Crippen LogP contribution in [0.1, 0.15) is 45.7 Å². The van der Waals surface area contributed by atoms with Crippen molar-refractivity contribution in [1.82, 2.24) is 4.98 Å². The fraction of sp³-hybridized carbons (Fsp3) is 0.733. The molecule has 5 heteroatoms. The molecule has 3 unspecified atom stereocenters. The van der Waals surface area contributed by atoms with Gasteiger partial charge in [0.2, 0.25) is 0 Å². The van der Waals surface area contributed by atoms with Crippen molar-refractivity contribution < 1.29 is 9.53 Å². The lowest BCUT2D eigenvalue weighted by molar-refractivity contribution is -0.142. The summed E-state index contributed by atoms with van der Waals surface area (Å²) in [5.74, 6) is 1.30. The number of nitrogens with zero attached hydrogens (tertiary/aromatic N) is 1. The average molecular weight is 296 g/mol. The summed E-state index contributed by atoms with van der Waals surface area (Å²) in [5, 5.41) is 6.40. The predicted octanol–water partition coefficient (Wildman–Crippen LogP) is 3.49. The summed E-state index contributed by atoms with van der Waals surface area (Å²) in [6.45, 7) is 6.87. The summed E-state index contributed by atoms with van der Waals surface area (Å²) in [6.07, 6.45) is 4.03. The van der Waals surface area contributed by atoms with Crippen LogP contribution < -0.4 is 5.32 Å². The van der Waals surface area contributed by atoms with Crippen LogP contribution in [0.4, 0.5) is 5.13 Å². The molecular formula is C15H24N2O2S. The molecule has 1 heterocycles. The highest BCUT2D eigenvalue weighted by Crippen LogP contribution is 2.31. The van der Waals surface area contributed by atoms with E-state index < -0.39 is 0 Å². The van der Waals surface area contributed by atoms with Gasteiger partial charge in [-0.15, -0.1) is 11.3 Å². The second-order valence-corrected chi connectivity index (χ2v) is 6.63. The second-order valence-electron chi connectivity index (χ2n) is 5.77. The van der Waals surface area contributed by atoms with Crippen molar-refractivity contribution in [2.75, 3.05) is 11.9 Å².